The lowest BCUT2D eigenvalue weighted by atomic mass is 9.83. The Morgan fingerprint density at radius 3 is 2.25 bits per heavy atom. The molecule has 0 amide bonds. The van der Waals surface area contributed by atoms with Crippen molar-refractivity contribution in [3.05, 3.63) is 35.4 Å². The van der Waals surface area contributed by atoms with Crippen molar-refractivity contribution in [2.45, 2.75) is 57.3 Å². The summed E-state index contributed by atoms with van der Waals surface area (Å²) in [6, 6.07) is 7.85. The zero-order valence-corrected chi connectivity index (χ0v) is 12.0. The Balaban J connectivity index is 2.12. The highest BCUT2D eigenvalue weighted by Gasteiger charge is 2.22. The van der Waals surface area contributed by atoms with E-state index in [9.17, 15) is 14.7 Å². The van der Waals surface area contributed by atoms with Crippen LogP contribution in [0.2, 0.25) is 0 Å². The third kappa shape index (κ3) is 3.69. The number of carbonyl (C=O) groups excluding carboxylic acids is 1. The van der Waals surface area contributed by atoms with E-state index in [2.05, 4.69) is 0 Å². The van der Waals surface area contributed by atoms with Crippen LogP contribution in [0.15, 0.2) is 24.3 Å². The number of rotatable bonds is 5. The fourth-order valence-electron chi connectivity index (χ4n) is 3.07. The average Bonchev–Trinajstić information content (AvgIpc) is 2.45. The standard InChI is InChI=1S/C17H22O3/c1-12(18)11-16(17(19)20)15-9-7-14(8-10-15)13-5-3-2-4-6-13/h7-10,13,16H,2-6,11H2,1H3,(H,19,20). The molecule has 1 saturated carbocycles. The molecule has 0 aliphatic heterocycles. The van der Waals surface area contributed by atoms with E-state index in [-0.39, 0.29) is 12.2 Å². The Bertz CT molecular complexity index is 470. The van der Waals surface area contributed by atoms with Gasteiger partial charge in [0.05, 0.1) is 5.92 Å². The maximum Gasteiger partial charge on any atom is 0.311 e. The second-order valence-corrected chi connectivity index (χ2v) is 5.80. The summed E-state index contributed by atoms with van der Waals surface area (Å²) in [5.41, 5.74) is 2.03. The van der Waals surface area contributed by atoms with E-state index in [0.29, 0.717) is 5.92 Å². The highest BCUT2D eigenvalue weighted by atomic mass is 16.4. The van der Waals surface area contributed by atoms with Gasteiger partial charge < -0.3 is 5.11 Å². The SMILES string of the molecule is CC(=O)CC(C(=O)O)c1ccc(C2CCCCC2)cc1. The third-order valence-corrected chi connectivity index (χ3v) is 4.21. The summed E-state index contributed by atoms with van der Waals surface area (Å²) in [6.07, 6.45) is 6.43. The predicted octanol–water partition coefficient (Wildman–Crippen LogP) is 3.88. The Labute approximate surface area is 120 Å². The van der Waals surface area contributed by atoms with E-state index in [1.807, 2.05) is 24.3 Å². The molecule has 1 aliphatic carbocycles. The quantitative estimate of drug-likeness (QED) is 0.886. The van der Waals surface area contributed by atoms with Crippen molar-refractivity contribution < 1.29 is 14.7 Å². The van der Waals surface area contributed by atoms with Gasteiger partial charge in [0.1, 0.15) is 5.78 Å². The van der Waals surface area contributed by atoms with E-state index in [0.717, 1.165) is 5.56 Å². The number of hydrogen-bond donors (Lipinski definition) is 1. The number of carboxylic acids is 1. The normalized spacial score (nSPS) is 17.6. The van der Waals surface area contributed by atoms with Gasteiger partial charge >= 0.3 is 5.97 Å². The van der Waals surface area contributed by atoms with Crippen LogP contribution in [0.1, 0.15) is 68.4 Å². The molecule has 1 aromatic carbocycles. The minimum atomic E-state index is -0.925. The highest BCUT2D eigenvalue weighted by Crippen LogP contribution is 2.33. The molecule has 1 unspecified atom stereocenters. The maximum absolute atomic E-state index is 11.3. The van der Waals surface area contributed by atoms with Crippen LogP contribution in [0.4, 0.5) is 0 Å². The fraction of sp³-hybridized carbons (Fsp3) is 0.529. The Morgan fingerprint density at radius 1 is 1.15 bits per heavy atom. The third-order valence-electron chi connectivity index (χ3n) is 4.21. The summed E-state index contributed by atoms with van der Waals surface area (Å²) in [7, 11) is 0. The largest absolute Gasteiger partial charge is 0.481 e. The Hall–Kier alpha value is -1.64. The van der Waals surface area contributed by atoms with Gasteiger partial charge in [-0.2, -0.15) is 0 Å². The molecule has 1 N–H and O–H groups in total. The molecular weight excluding hydrogens is 252 g/mol. The van der Waals surface area contributed by atoms with Crippen LogP contribution in [0, 0.1) is 0 Å². The first-order valence-corrected chi connectivity index (χ1v) is 7.40. The number of carbonyl (C=O) groups is 2. The van der Waals surface area contributed by atoms with E-state index in [4.69, 9.17) is 0 Å². The molecular formula is C17H22O3. The van der Waals surface area contributed by atoms with E-state index < -0.39 is 11.9 Å². The molecule has 1 atom stereocenters. The van der Waals surface area contributed by atoms with Crippen LogP contribution in [0.25, 0.3) is 0 Å². The molecule has 0 saturated heterocycles. The molecule has 1 fully saturated rings. The lowest BCUT2D eigenvalue weighted by molar-refractivity contribution is -0.140. The summed E-state index contributed by atoms with van der Waals surface area (Å²) in [4.78, 5) is 22.5. The van der Waals surface area contributed by atoms with Gasteiger partial charge in [0, 0.05) is 6.42 Å². The van der Waals surface area contributed by atoms with Gasteiger partial charge in [-0.25, -0.2) is 0 Å². The topological polar surface area (TPSA) is 54.4 Å². The molecule has 0 heterocycles. The molecule has 0 aromatic heterocycles. The number of aliphatic carboxylic acids is 1. The molecule has 108 valence electrons. The van der Waals surface area contributed by atoms with Crippen molar-refractivity contribution >= 4 is 11.8 Å². The number of hydrogen-bond acceptors (Lipinski definition) is 2. The van der Waals surface area contributed by atoms with Crippen LogP contribution in [0.3, 0.4) is 0 Å². The molecule has 20 heavy (non-hydrogen) atoms. The molecule has 1 aromatic rings. The lowest BCUT2D eigenvalue weighted by Gasteiger charge is -2.22. The molecule has 1 aliphatic rings. The Kier molecular flexibility index (Phi) is 4.94. The molecule has 0 spiro atoms. The van der Waals surface area contributed by atoms with Gasteiger partial charge in [-0.1, -0.05) is 43.5 Å². The second-order valence-electron chi connectivity index (χ2n) is 5.80. The summed E-state index contributed by atoms with van der Waals surface area (Å²) >= 11 is 0. The maximum atomic E-state index is 11.3. The number of ketones is 1. The number of carboxylic acid groups (broad SMARTS) is 1. The first-order valence-electron chi connectivity index (χ1n) is 7.40. The van der Waals surface area contributed by atoms with Crippen molar-refractivity contribution in [2.75, 3.05) is 0 Å². The van der Waals surface area contributed by atoms with Crippen LogP contribution in [-0.2, 0) is 9.59 Å². The molecule has 3 heteroatoms. The highest BCUT2D eigenvalue weighted by molar-refractivity contribution is 5.85. The summed E-state index contributed by atoms with van der Waals surface area (Å²) in [5, 5.41) is 9.24. The number of benzene rings is 1. The molecule has 0 radical (unpaired) electrons. The van der Waals surface area contributed by atoms with E-state index >= 15 is 0 Å². The molecule has 2 rings (SSSR count). The number of Topliss-reactive ketones (excluding diaryl/α,β-unsaturated/α-hetero) is 1. The minimum absolute atomic E-state index is 0.0676. The molecule has 3 nitrogen and oxygen atoms in total. The van der Waals surface area contributed by atoms with Crippen LogP contribution >= 0.6 is 0 Å². The second kappa shape index (κ2) is 6.69. The van der Waals surface area contributed by atoms with E-state index in [1.54, 1.807) is 0 Å². The zero-order valence-electron chi connectivity index (χ0n) is 12.0. The van der Waals surface area contributed by atoms with Gasteiger partial charge in [0.15, 0.2) is 0 Å². The van der Waals surface area contributed by atoms with Gasteiger partial charge in [0.25, 0.3) is 0 Å². The first-order chi connectivity index (χ1) is 9.58. The first kappa shape index (κ1) is 14.8. The summed E-state index contributed by atoms with van der Waals surface area (Å²) in [5.74, 6) is -1.11. The minimum Gasteiger partial charge on any atom is -0.481 e. The van der Waals surface area contributed by atoms with Gasteiger partial charge in [0.2, 0.25) is 0 Å². The lowest BCUT2D eigenvalue weighted by Crippen LogP contribution is -2.15. The van der Waals surface area contributed by atoms with Crippen molar-refractivity contribution in [1.82, 2.24) is 0 Å². The van der Waals surface area contributed by atoms with Crippen LogP contribution in [-0.4, -0.2) is 16.9 Å². The van der Waals surface area contributed by atoms with Gasteiger partial charge in [-0.05, 0) is 36.8 Å². The van der Waals surface area contributed by atoms with Crippen molar-refractivity contribution in [1.29, 1.82) is 0 Å². The van der Waals surface area contributed by atoms with Crippen LogP contribution in [0.5, 0.6) is 0 Å². The van der Waals surface area contributed by atoms with Crippen molar-refractivity contribution in [3.8, 4) is 0 Å². The molecule has 0 bridgehead atoms. The van der Waals surface area contributed by atoms with Crippen molar-refractivity contribution in [2.24, 2.45) is 0 Å². The van der Waals surface area contributed by atoms with Crippen LogP contribution < -0.4 is 0 Å². The predicted molar refractivity (Wildman–Crippen MR) is 77.9 cm³/mol. The average molecular weight is 274 g/mol. The summed E-state index contributed by atoms with van der Waals surface area (Å²) < 4.78 is 0. The zero-order chi connectivity index (χ0) is 14.5. The monoisotopic (exact) mass is 274 g/mol. The summed E-state index contributed by atoms with van der Waals surface area (Å²) in [6.45, 7) is 1.44. The fourth-order valence-corrected chi connectivity index (χ4v) is 3.07. The van der Waals surface area contributed by atoms with Crippen molar-refractivity contribution in [3.63, 3.8) is 0 Å². The smallest absolute Gasteiger partial charge is 0.311 e. The van der Waals surface area contributed by atoms with Gasteiger partial charge in [-0.15, -0.1) is 0 Å². The Morgan fingerprint density at radius 2 is 1.75 bits per heavy atom. The van der Waals surface area contributed by atoms with Gasteiger partial charge in [-0.3, -0.25) is 9.59 Å². The van der Waals surface area contributed by atoms with E-state index in [1.165, 1.54) is 44.6 Å².